The quantitative estimate of drug-likeness (QED) is 0.639. The largest absolute Gasteiger partial charge is 0.458 e. The van der Waals surface area contributed by atoms with E-state index in [2.05, 4.69) is 15.4 Å². The molecule has 1 aliphatic heterocycles. The minimum absolute atomic E-state index is 0.00206. The zero-order chi connectivity index (χ0) is 19.8. The molecular weight excluding hydrogens is 372 g/mol. The summed E-state index contributed by atoms with van der Waals surface area (Å²) in [4.78, 5) is 15.2. The zero-order valence-corrected chi connectivity index (χ0v) is 14.6. The van der Waals surface area contributed by atoms with E-state index in [1.165, 1.54) is 6.92 Å². The SMILES string of the molecule is CC(=O)O[C@@H]1COCC[C@H]1Nc1ncc2c(F)cc(C(C)C(F)(F)F)n2n1. The van der Waals surface area contributed by atoms with Crippen LogP contribution in [0.15, 0.2) is 12.3 Å². The first-order chi connectivity index (χ1) is 12.7. The van der Waals surface area contributed by atoms with Crippen molar-refractivity contribution in [1.29, 1.82) is 0 Å². The van der Waals surface area contributed by atoms with Crippen molar-refractivity contribution in [3.63, 3.8) is 0 Å². The van der Waals surface area contributed by atoms with Crippen LogP contribution in [-0.4, -0.2) is 52.1 Å². The monoisotopic (exact) mass is 390 g/mol. The van der Waals surface area contributed by atoms with Crippen LogP contribution in [0.5, 0.6) is 0 Å². The van der Waals surface area contributed by atoms with Gasteiger partial charge in [-0.2, -0.15) is 13.2 Å². The molecule has 0 amide bonds. The molecule has 0 saturated carbocycles. The maximum absolute atomic E-state index is 14.0. The third kappa shape index (κ3) is 4.12. The van der Waals surface area contributed by atoms with Crippen LogP contribution < -0.4 is 5.32 Å². The fraction of sp³-hybridized carbons (Fsp3) is 0.562. The Hall–Kier alpha value is -2.43. The summed E-state index contributed by atoms with van der Waals surface area (Å²) in [5.41, 5.74) is -0.487. The summed E-state index contributed by atoms with van der Waals surface area (Å²) in [6.45, 7) is 2.79. The molecule has 11 heteroatoms. The van der Waals surface area contributed by atoms with Crippen LogP contribution in [0.25, 0.3) is 5.52 Å². The highest BCUT2D eigenvalue weighted by Gasteiger charge is 2.39. The lowest BCUT2D eigenvalue weighted by Gasteiger charge is -2.31. The minimum atomic E-state index is -4.54. The molecule has 1 N–H and O–H groups in total. The van der Waals surface area contributed by atoms with E-state index in [9.17, 15) is 22.4 Å². The van der Waals surface area contributed by atoms with Gasteiger partial charge in [0.25, 0.3) is 0 Å². The molecule has 7 nitrogen and oxygen atoms in total. The number of nitrogens with zero attached hydrogens (tertiary/aromatic N) is 3. The number of ether oxygens (including phenoxy) is 2. The summed E-state index contributed by atoms with van der Waals surface area (Å²) < 4.78 is 64.5. The molecule has 1 saturated heterocycles. The van der Waals surface area contributed by atoms with Gasteiger partial charge in [0.15, 0.2) is 5.82 Å². The van der Waals surface area contributed by atoms with E-state index in [-0.39, 0.29) is 29.8 Å². The number of halogens is 4. The normalized spacial score (nSPS) is 21.9. The van der Waals surface area contributed by atoms with E-state index < -0.39 is 30.0 Å². The number of anilines is 1. The van der Waals surface area contributed by atoms with E-state index in [1.54, 1.807) is 0 Å². The Bertz CT molecular complexity index is 839. The Morgan fingerprint density at radius 1 is 1.48 bits per heavy atom. The van der Waals surface area contributed by atoms with Crippen LogP contribution in [0.1, 0.15) is 31.9 Å². The van der Waals surface area contributed by atoms with Crippen LogP contribution in [0.3, 0.4) is 0 Å². The number of nitrogens with one attached hydrogen (secondary N) is 1. The lowest BCUT2D eigenvalue weighted by atomic mass is 10.1. The van der Waals surface area contributed by atoms with Gasteiger partial charge in [0, 0.05) is 13.5 Å². The predicted octanol–water partition coefficient (Wildman–Crippen LogP) is 2.67. The van der Waals surface area contributed by atoms with Gasteiger partial charge in [-0.3, -0.25) is 4.79 Å². The van der Waals surface area contributed by atoms with E-state index in [0.717, 1.165) is 23.7 Å². The van der Waals surface area contributed by atoms with Gasteiger partial charge < -0.3 is 14.8 Å². The first-order valence-corrected chi connectivity index (χ1v) is 8.29. The van der Waals surface area contributed by atoms with Gasteiger partial charge in [0.05, 0.1) is 30.5 Å². The number of hydrogen-bond donors (Lipinski definition) is 1. The molecule has 0 aromatic carbocycles. The van der Waals surface area contributed by atoms with Crippen LogP contribution in [0.4, 0.5) is 23.5 Å². The maximum Gasteiger partial charge on any atom is 0.396 e. The Balaban J connectivity index is 1.90. The molecule has 1 unspecified atom stereocenters. The van der Waals surface area contributed by atoms with Gasteiger partial charge in [-0.15, -0.1) is 5.10 Å². The Labute approximate surface area is 151 Å². The van der Waals surface area contributed by atoms with Crippen molar-refractivity contribution in [2.45, 2.75) is 44.5 Å². The summed E-state index contributed by atoms with van der Waals surface area (Å²) in [6, 6.07) is 0.422. The molecule has 148 valence electrons. The second-order valence-electron chi connectivity index (χ2n) is 6.32. The van der Waals surface area contributed by atoms with Crippen molar-refractivity contribution in [1.82, 2.24) is 14.6 Å². The second-order valence-corrected chi connectivity index (χ2v) is 6.32. The third-order valence-electron chi connectivity index (χ3n) is 4.37. The summed E-state index contributed by atoms with van der Waals surface area (Å²) in [7, 11) is 0. The number of hydrogen-bond acceptors (Lipinski definition) is 6. The molecule has 0 bridgehead atoms. The smallest absolute Gasteiger partial charge is 0.396 e. The van der Waals surface area contributed by atoms with E-state index in [1.807, 2.05) is 0 Å². The molecular formula is C16H18F4N4O3. The average Bonchev–Trinajstić information content (AvgIpc) is 2.91. The number of carbonyl (C=O) groups is 1. The number of carbonyl (C=O) groups excluding carboxylic acids is 1. The van der Waals surface area contributed by atoms with Crippen LogP contribution in [0.2, 0.25) is 0 Å². The van der Waals surface area contributed by atoms with Gasteiger partial charge in [0.1, 0.15) is 11.6 Å². The van der Waals surface area contributed by atoms with Crippen molar-refractivity contribution in [3.8, 4) is 0 Å². The third-order valence-corrected chi connectivity index (χ3v) is 4.37. The fourth-order valence-corrected chi connectivity index (χ4v) is 2.89. The maximum atomic E-state index is 14.0. The summed E-state index contributed by atoms with van der Waals surface area (Å²) in [5.74, 6) is -3.23. The zero-order valence-electron chi connectivity index (χ0n) is 14.6. The highest BCUT2D eigenvalue weighted by molar-refractivity contribution is 5.66. The topological polar surface area (TPSA) is 77.8 Å². The Kier molecular flexibility index (Phi) is 5.22. The van der Waals surface area contributed by atoms with Crippen LogP contribution in [0, 0.1) is 5.82 Å². The van der Waals surface area contributed by atoms with Crippen molar-refractivity contribution in [2.75, 3.05) is 18.5 Å². The van der Waals surface area contributed by atoms with Gasteiger partial charge in [-0.1, -0.05) is 0 Å². The summed E-state index contributed by atoms with van der Waals surface area (Å²) in [5, 5.41) is 6.95. The van der Waals surface area contributed by atoms with Crippen LogP contribution in [-0.2, 0) is 14.3 Å². The second kappa shape index (κ2) is 7.29. The van der Waals surface area contributed by atoms with Crippen molar-refractivity contribution < 1.29 is 31.8 Å². The van der Waals surface area contributed by atoms with E-state index in [0.29, 0.717) is 13.0 Å². The molecule has 27 heavy (non-hydrogen) atoms. The highest BCUT2D eigenvalue weighted by Crippen LogP contribution is 2.35. The molecule has 3 atom stereocenters. The fourth-order valence-electron chi connectivity index (χ4n) is 2.89. The van der Waals surface area contributed by atoms with Crippen molar-refractivity contribution >= 4 is 17.4 Å². The molecule has 0 aliphatic carbocycles. The number of rotatable bonds is 4. The lowest BCUT2D eigenvalue weighted by molar-refractivity contribution is -0.153. The molecule has 0 spiro atoms. The van der Waals surface area contributed by atoms with Crippen molar-refractivity contribution in [2.24, 2.45) is 0 Å². The molecule has 3 heterocycles. The van der Waals surface area contributed by atoms with Crippen molar-refractivity contribution in [3.05, 3.63) is 23.8 Å². The van der Waals surface area contributed by atoms with Gasteiger partial charge in [-0.25, -0.2) is 13.9 Å². The van der Waals surface area contributed by atoms with E-state index in [4.69, 9.17) is 9.47 Å². The molecule has 1 aliphatic rings. The number of esters is 1. The first kappa shape index (κ1) is 19.3. The van der Waals surface area contributed by atoms with Gasteiger partial charge in [-0.05, 0) is 19.4 Å². The number of fused-ring (bicyclic) bond motifs is 1. The molecule has 3 rings (SSSR count). The van der Waals surface area contributed by atoms with E-state index >= 15 is 0 Å². The molecule has 0 radical (unpaired) electrons. The molecule has 2 aromatic rings. The van der Waals surface area contributed by atoms with Gasteiger partial charge >= 0.3 is 12.1 Å². The summed E-state index contributed by atoms with van der Waals surface area (Å²) >= 11 is 0. The molecule has 2 aromatic heterocycles. The number of aromatic nitrogens is 3. The standard InChI is InChI=1S/C16H18F4N4O3/c1-8(16(18,19)20)12-5-10(17)13-6-21-15(23-24(12)13)22-11-3-4-26-7-14(11)27-9(2)25/h5-6,8,11,14H,3-4,7H2,1-2H3,(H,22,23)/t8?,11-,14-/m1/s1. The van der Waals surface area contributed by atoms with Gasteiger partial charge in [0.2, 0.25) is 5.95 Å². The van der Waals surface area contributed by atoms with Crippen LogP contribution >= 0.6 is 0 Å². The Morgan fingerprint density at radius 3 is 2.89 bits per heavy atom. The number of alkyl halides is 3. The highest BCUT2D eigenvalue weighted by atomic mass is 19.4. The average molecular weight is 390 g/mol. The lowest BCUT2D eigenvalue weighted by Crippen LogP contribution is -2.44. The summed E-state index contributed by atoms with van der Waals surface area (Å²) in [6.07, 6.45) is -3.55. The molecule has 1 fully saturated rings. The predicted molar refractivity (Wildman–Crippen MR) is 85.8 cm³/mol. The first-order valence-electron chi connectivity index (χ1n) is 8.29. The Morgan fingerprint density at radius 2 is 2.22 bits per heavy atom. The minimum Gasteiger partial charge on any atom is -0.458 e.